The predicted molar refractivity (Wildman–Crippen MR) is 151 cm³/mol. The molecule has 3 aromatic carbocycles. The van der Waals surface area contributed by atoms with E-state index in [2.05, 4.69) is 10.3 Å². The molecule has 7 N–H and O–H groups in total. The van der Waals surface area contributed by atoms with Gasteiger partial charge in [-0.3, -0.25) is 9.59 Å². The van der Waals surface area contributed by atoms with Gasteiger partial charge in [0, 0.05) is 24.9 Å². The number of hydrogen-bond donors (Lipinski definition) is 4. The molecule has 39 heavy (non-hydrogen) atoms. The van der Waals surface area contributed by atoms with Crippen LogP contribution < -0.4 is 22.5 Å². The highest BCUT2D eigenvalue weighted by Crippen LogP contribution is 2.25. The number of nitrogens with zero attached hydrogens (tertiary/aromatic N) is 2. The molecule has 1 aliphatic heterocycles. The van der Waals surface area contributed by atoms with E-state index in [1.165, 1.54) is 6.07 Å². The number of likely N-dealkylation sites (tertiary alicyclic amines) is 1. The van der Waals surface area contributed by atoms with Crippen LogP contribution in [-0.4, -0.2) is 55.6 Å². The van der Waals surface area contributed by atoms with Crippen LogP contribution in [0.5, 0.6) is 0 Å². The predicted octanol–water partition coefficient (Wildman–Crippen LogP) is 1.41. The highest BCUT2D eigenvalue weighted by molar-refractivity contribution is 7.93. The van der Waals surface area contributed by atoms with E-state index in [0.717, 1.165) is 30.4 Å². The van der Waals surface area contributed by atoms with E-state index in [1.54, 1.807) is 41.3 Å². The molecule has 1 aliphatic rings. The van der Waals surface area contributed by atoms with Crippen molar-refractivity contribution in [3.8, 4) is 0 Å². The van der Waals surface area contributed by atoms with Gasteiger partial charge in [0.1, 0.15) is 6.04 Å². The lowest BCUT2D eigenvalue weighted by atomic mass is 10.0. The Morgan fingerprint density at radius 1 is 0.897 bits per heavy atom. The largest absolute Gasteiger partial charge is 0.370 e. The van der Waals surface area contributed by atoms with Gasteiger partial charge in [-0.25, -0.2) is 13.4 Å². The van der Waals surface area contributed by atoms with Crippen LogP contribution in [0.2, 0.25) is 0 Å². The molecular weight excluding hydrogens is 516 g/mol. The molecule has 0 aromatic heterocycles. The molecule has 0 saturated carbocycles. The number of sulfone groups is 1. The van der Waals surface area contributed by atoms with Gasteiger partial charge in [-0.1, -0.05) is 60.7 Å². The van der Waals surface area contributed by atoms with Crippen molar-refractivity contribution in [1.29, 1.82) is 0 Å². The highest BCUT2D eigenvalue weighted by Gasteiger charge is 2.35. The van der Waals surface area contributed by atoms with Gasteiger partial charge < -0.3 is 27.4 Å². The van der Waals surface area contributed by atoms with Gasteiger partial charge in [0.05, 0.1) is 11.4 Å². The fourth-order valence-electron chi connectivity index (χ4n) is 4.71. The van der Waals surface area contributed by atoms with Crippen molar-refractivity contribution in [2.75, 3.05) is 13.1 Å². The first-order valence-corrected chi connectivity index (χ1v) is 14.4. The topological polar surface area (TPSA) is 174 Å². The lowest BCUT2D eigenvalue weighted by Crippen LogP contribution is -2.55. The summed E-state index contributed by atoms with van der Waals surface area (Å²) in [6, 6.07) is 18.2. The number of guanidine groups is 1. The number of carbonyl (C=O) groups excluding carboxylic acids is 2. The summed E-state index contributed by atoms with van der Waals surface area (Å²) in [5.74, 6) is -1.20. The Morgan fingerprint density at radius 3 is 2.23 bits per heavy atom. The summed E-state index contributed by atoms with van der Waals surface area (Å²) >= 11 is 0. The number of nitrogens with one attached hydrogen (secondary N) is 1. The van der Waals surface area contributed by atoms with E-state index in [9.17, 15) is 18.0 Å². The van der Waals surface area contributed by atoms with Crippen molar-refractivity contribution in [1.82, 2.24) is 10.2 Å². The number of fused-ring (bicyclic) bond motifs is 1. The molecule has 3 aromatic rings. The van der Waals surface area contributed by atoms with Gasteiger partial charge in [-0.15, -0.1) is 0 Å². The summed E-state index contributed by atoms with van der Waals surface area (Å²) in [6.07, 6.45) is 2.96. The molecule has 0 unspecified atom stereocenters. The van der Waals surface area contributed by atoms with Crippen molar-refractivity contribution < 1.29 is 18.0 Å². The second kappa shape index (κ2) is 12.3. The maximum atomic E-state index is 13.5. The minimum atomic E-state index is -4.24. The van der Waals surface area contributed by atoms with E-state index >= 15 is 0 Å². The Hall–Kier alpha value is -3.96. The van der Waals surface area contributed by atoms with Crippen LogP contribution in [0.15, 0.2) is 76.6 Å². The molecule has 2 amide bonds. The Kier molecular flexibility index (Phi) is 8.82. The van der Waals surface area contributed by atoms with Gasteiger partial charge in [0.2, 0.25) is 15.7 Å². The minimum absolute atomic E-state index is 0.0104. The van der Waals surface area contributed by atoms with Crippen molar-refractivity contribution >= 4 is 38.4 Å². The molecule has 0 bridgehead atoms. The number of amides is 2. The van der Waals surface area contributed by atoms with Crippen LogP contribution >= 0.6 is 0 Å². The van der Waals surface area contributed by atoms with Crippen molar-refractivity contribution in [3.63, 3.8) is 0 Å². The van der Waals surface area contributed by atoms with Crippen LogP contribution in [0.1, 0.15) is 30.4 Å². The Morgan fingerprint density at radius 2 is 1.54 bits per heavy atom. The smallest absolute Gasteiger partial charge is 0.253 e. The highest BCUT2D eigenvalue weighted by atomic mass is 32.2. The number of aliphatic imine (C=N–C) groups is 1. The van der Waals surface area contributed by atoms with Crippen molar-refractivity contribution in [2.45, 2.75) is 48.5 Å². The molecule has 0 spiro atoms. The molecule has 0 aliphatic carbocycles. The molecule has 10 nitrogen and oxygen atoms in total. The third kappa shape index (κ3) is 6.73. The standard InChI is InChI=1S/C28H34N6O4S/c29-25(39(37,38)24-10-6-8-21-7-2-3-9-22(21)24)26(35)33-23(27(36)34-15-4-1-5-16-34)17-19-11-13-20(14-12-19)18-32-28(30)31/h2-3,6-14,23,25H,1,4-5,15-18,29H2,(H,33,35)(H4,30,31,32)/t23-,25-/m0/s1. The van der Waals surface area contributed by atoms with Crippen LogP contribution in [0, 0.1) is 0 Å². The van der Waals surface area contributed by atoms with Gasteiger partial charge in [-0.05, 0) is 41.8 Å². The fraction of sp³-hybridized carbons (Fsp3) is 0.321. The van der Waals surface area contributed by atoms with Crippen molar-refractivity contribution in [2.24, 2.45) is 22.2 Å². The second-order valence-electron chi connectivity index (χ2n) is 9.65. The van der Waals surface area contributed by atoms with Crippen LogP contribution in [-0.2, 0) is 32.4 Å². The summed E-state index contributed by atoms with van der Waals surface area (Å²) in [7, 11) is -4.24. The number of benzene rings is 3. The number of carbonyl (C=O) groups is 2. The quantitative estimate of drug-likeness (QED) is 0.230. The minimum Gasteiger partial charge on any atom is -0.370 e. The maximum absolute atomic E-state index is 13.5. The molecule has 4 rings (SSSR count). The van der Waals surface area contributed by atoms with Gasteiger partial charge in [0.15, 0.2) is 11.3 Å². The van der Waals surface area contributed by atoms with Crippen molar-refractivity contribution in [3.05, 3.63) is 77.9 Å². The lowest BCUT2D eigenvalue weighted by Gasteiger charge is -2.31. The van der Waals surface area contributed by atoms with Gasteiger partial charge in [-0.2, -0.15) is 0 Å². The number of piperidine rings is 1. The summed E-state index contributed by atoms with van der Waals surface area (Å²) in [5, 5.41) is 1.96. The number of hydrogen-bond acceptors (Lipinski definition) is 6. The monoisotopic (exact) mass is 550 g/mol. The third-order valence-electron chi connectivity index (χ3n) is 6.84. The normalized spacial score (nSPS) is 15.4. The first-order chi connectivity index (χ1) is 18.7. The summed E-state index contributed by atoms with van der Waals surface area (Å²) in [6.45, 7) is 1.49. The van der Waals surface area contributed by atoms with Crippen LogP contribution in [0.4, 0.5) is 0 Å². The zero-order valence-corrected chi connectivity index (χ0v) is 22.4. The average Bonchev–Trinajstić information content (AvgIpc) is 2.95. The lowest BCUT2D eigenvalue weighted by molar-refractivity contribution is -0.137. The molecule has 2 atom stereocenters. The Labute approximate surface area is 228 Å². The Balaban J connectivity index is 1.56. The van der Waals surface area contributed by atoms with E-state index < -0.39 is 27.2 Å². The summed E-state index contributed by atoms with van der Waals surface area (Å²) < 4.78 is 26.9. The van der Waals surface area contributed by atoms with E-state index in [0.29, 0.717) is 30.4 Å². The molecule has 11 heteroatoms. The molecular formula is C28H34N6O4S. The molecule has 1 heterocycles. The molecule has 206 valence electrons. The SMILES string of the molecule is NC(N)=NCc1ccc(C[C@H](NC(=O)[C@@H](N)S(=O)(=O)c2cccc3ccccc23)C(=O)N2CCCCC2)cc1. The number of nitrogens with two attached hydrogens (primary N) is 3. The van der Waals surface area contributed by atoms with E-state index in [1.807, 2.05) is 24.3 Å². The zero-order chi connectivity index (χ0) is 28.0. The van der Waals surface area contributed by atoms with E-state index in [4.69, 9.17) is 17.2 Å². The molecule has 1 saturated heterocycles. The Bertz CT molecular complexity index is 1460. The van der Waals surface area contributed by atoms with Gasteiger partial charge >= 0.3 is 0 Å². The molecule has 1 fully saturated rings. The fourth-order valence-corrected chi connectivity index (χ4v) is 6.09. The van der Waals surface area contributed by atoms with E-state index in [-0.39, 0.29) is 23.2 Å². The maximum Gasteiger partial charge on any atom is 0.253 e. The van der Waals surface area contributed by atoms with Crippen LogP contribution in [0.25, 0.3) is 10.8 Å². The average molecular weight is 551 g/mol. The van der Waals surface area contributed by atoms with Gasteiger partial charge in [0.25, 0.3) is 5.91 Å². The first-order valence-electron chi connectivity index (χ1n) is 12.9. The third-order valence-corrected chi connectivity index (χ3v) is 8.69. The summed E-state index contributed by atoms with van der Waals surface area (Å²) in [5.41, 5.74) is 18.5. The molecule has 0 radical (unpaired) electrons. The van der Waals surface area contributed by atoms with Crippen LogP contribution in [0.3, 0.4) is 0 Å². The summed E-state index contributed by atoms with van der Waals surface area (Å²) in [4.78, 5) is 32.4. The zero-order valence-electron chi connectivity index (χ0n) is 21.6. The second-order valence-corrected chi connectivity index (χ2v) is 11.7. The first kappa shape index (κ1) is 28.1. The number of rotatable bonds is 9.